The minimum absolute atomic E-state index is 0.0396. The number of carbonyl (C=O) groups is 1. The van der Waals surface area contributed by atoms with Gasteiger partial charge in [0.2, 0.25) is 5.91 Å². The predicted molar refractivity (Wildman–Crippen MR) is 125 cm³/mol. The Labute approximate surface area is 196 Å². The van der Waals surface area contributed by atoms with Crippen molar-refractivity contribution in [1.29, 1.82) is 0 Å². The molecule has 0 atom stereocenters. The predicted octanol–water partition coefficient (Wildman–Crippen LogP) is 6.01. The topological polar surface area (TPSA) is 59.8 Å². The second kappa shape index (κ2) is 9.62. The van der Waals surface area contributed by atoms with Gasteiger partial charge >= 0.3 is 0 Å². The molecule has 0 aliphatic carbocycles. The average Bonchev–Trinajstić information content (AvgIpc) is 3.19. The first-order valence-corrected chi connectivity index (χ1v) is 11.4. The van der Waals surface area contributed by atoms with Crippen LogP contribution in [0.5, 0.6) is 0 Å². The van der Waals surface area contributed by atoms with Gasteiger partial charge in [-0.25, -0.2) is 8.78 Å². The van der Waals surface area contributed by atoms with E-state index in [9.17, 15) is 13.6 Å². The van der Waals surface area contributed by atoms with Crippen molar-refractivity contribution >= 4 is 39.3 Å². The number of amides is 1. The highest BCUT2D eigenvalue weighted by Gasteiger charge is 2.18. The molecule has 0 spiro atoms. The molecule has 0 radical (unpaired) electrons. The standard InChI is InChI=1S/C23H17BrF2N4OS/c1-14-6-5-7-15(10-14)22-28-29-23(30(22)17-8-3-2-4-9-17)32-13-20(31)27-21-18(24)11-16(25)12-19(21)26/h2-12H,13H2,1H3,(H,27,31). The summed E-state index contributed by atoms with van der Waals surface area (Å²) in [6, 6.07) is 19.3. The fourth-order valence-corrected chi connectivity index (χ4v) is 4.37. The molecule has 0 fully saturated rings. The van der Waals surface area contributed by atoms with Crippen molar-refractivity contribution < 1.29 is 13.6 Å². The number of aryl methyl sites for hydroxylation is 1. The zero-order valence-corrected chi connectivity index (χ0v) is 19.3. The van der Waals surface area contributed by atoms with Crippen molar-refractivity contribution in [3.63, 3.8) is 0 Å². The number of halogens is 3. The molecule has 0 saturated carbocycles. The van der Waals surface area contributed by atoms with Crippen LogP contribution in [0.1, 0.15) is 5.56 Å². The maximum absolute atomic E-state index is 14.0. The van der Waals surface area contributed by atoms with Gasteiger partial charge in [0, 0.05) is 21.8 Å². The Kier molecular flexibility index (Phi) is 6.66. The van der Waals surface area contributed by atoms with E-state index in [0.717, 1.165) is 22.9 Å². The molecule has 1 N–H and O–H groups in total. The minimum atomic E-state index is -0.857. The number of nitrogens with zero attached hydrogens (tertiary/aromatic N) is 3. The van der Waals surface area contributed by atoms with Gasteiger partial charge in [0.25, 0.3) is 0 Å². The Morgan fingerprint density at radius 1 is 1.06 bits per heavy atom. The third-order valence-corrected chi connectivity index (χ3v) is 6.08. The number of anilines is 1. The fraction of sp³-hybridized carbons (Fsp3) is 0.0870. The Morgan fingerprint density at radius 2 is 1.84 bits per heavy atom. The lowest BCUT2D eigenvalue weighted by Gasteiger charge is -2.11. The molecule has 1 amide bonds. The van der Waals surface area contributed by atoms with E-state index in [0.29, 0.717) is 17.0 Å². The molecule has 0 aliphatic heterocycles. The van der Waals surface area contributed by atoms with Crippen LogP contribution in [0.4, 0.5) is 14.5 Å². The van der Waals surface area contributed by atoms with Crippen LogP contribution in [0.25, 0.3) is 17.1 Å². The van der Waals surface area contributed by atoms with Crippen LogP contribution in [-0.2, 0) is 4.79 Å². The zero-order chi connectivity index (χ0) is 22.7. The van der Waals surface area contributed by atoms with E-state index in [1.807, 2.05) is 66.1 Å². The quantitative estimate of drug-likeness (QED) is 0.320. The Hall–Kier alpha value is -3.04. The Balaban J connectivity index is 1.60. The third kappa shape index (κ3) is 4.89. The van der Waals surface area contributed by atoms with Gasteiger partial charge in [0.05, 0.1) is 11.4 Å². The summed E-state index contributed by atoms with van der Waals surface area (Å²) in [5.41, 5.74) is 2.73. The second-order valence-corrected chi connectivity index (χ2v) is 8.72. The third-order valence-electron chi connectivity index (χ3n) is 4.53. The van der Waals surface area contributed by atoms with Crippen molar-refractivity contribution in [3.8, 4) is 17.1 Å². The van der Waals surface area contributed by atoms with Gasteiger partial charge in [-0.3, -0.25) is 9.36 Å². The molecule has 5 nitrogen and oxygen atoms in total. The first-order valence-electron chi connectivity index (χ1n) is 9.57. The number of nitrogens with one attached hydrogen (secondary N) is 1. The molecule has 1 heterocycles. The molecule has 32 heavy (non-hydrogen) atoms. The van der Waals surface area contributed by atoms with Crippen molar-refractivity contribution in [1.82, 2.24) is 14.8 Å². The molecule has 0 aliphatic rings. The van der Waals surface area contributed by atoms with E-state index in [1.54, 1.807) is 0 Å². The van der Waals surface area contributed by atoms with Crippen molar-refractivity contribution in [2.24, 2.45) is 0 Å². The molecule has 9 heteroatoms. The summed E-state index contributed by atoms with van der Waals surface area (Å²) in [7, 11) is 0. The van der Waals surface area contributed by atoms with E-state index in [4.69, 9.17) is 0 Å². The number of hydrogen-bond donors (Lipinski definition) is 1. The van der Waals surface area contributed by atoms with Crippen LogP contribution in [0.2, 0.25) is 0 Å². The summed E-state index contributed by atoms with van der Waals surface area (Å²) >= 11 is 4.24. The van der Waals surface area contributed by atoms with Gasteiger partial charge < -0.3 is 5.32 Å². The van der Waals surface area contributed by atoms with Crippen LogP contribution in [0.15, 0.2) is 76.4 Å². The molecule has 3 aromatic carbocycles. The highest BCUT2D eigenvalue weighted by atomic mass is 79.9. The van der Waals surface area contributed by atoms with Gasteiger partial charge in [0.1, 0.15) is 5.82 Å². The van der Waals surface area contributed by atoms with E-state index in [-0.39, 0.29) is 15.9 Å². The average molecular weight is 515 g/mol. The van der Waals surface area contributed by atoms with Crippen LogP contribution >= 0.6 is 27.7 Å². The first-order chi connectivity index (χ1) is 15.4. The van der Waals surface area contributed by atoms with Gasteiger partial charge in [0.15, 0.2) is 16.8 Å². The van der Waals surface area contributed by atoms with Gasteiger partial charge in [-0.05, 0) is 47.1 Å². The number of rotatable bonds is 6. The van der Waals surface area contributed by atoms with E-state index in [2.05, 4.69) is 31.4 Å². The van der Waals surface area contributed by atoms with E-state index >= 15 is 0 Å². The SMILES string of the molecule is Cc1cccc(-c2nnc(SCC(=O)Nc3c(F)cc(F)cc3Br)n2-c2ccccc2)c1. The molecule has 4 aromatic rings. The van der Waals surface area contributed by atoms with Crippen LogP contribution in [0.3, 0.4) is 0 Å². The van der Waals surface area contributed by atoms with Crippen molar-refractivity contribution in [3.05, 3.63) is 88.4 Å². The van der Waals surface area contributed by atoms with Gasteiger partial charge in [-0.2, -0.15) is 0 Å². The lowest BCUT2D eigenvalue weighted by Crippen LogP contribution is -2.16. The molecule has 0 saturated heterocycles. The van der Waals surface area contributed by atoms with Crippen LogP contribution in [0, 0.1) is 18.6 Å². The van der Waals surface area contributed by atoms with Gasteiger partial charge in [-0.15, -0.1) is 10.2 Å². The maximum Gasteiger partial charge on any atom is 0.234 e. The number of aromatic nitrogens is 3. The summed E-state index contributed by atoms with van der Waals surface area (Å²) < 4.78 is 29.3. The molecule has 162 valence electrons. The monoisotopic (exact) mass is 514 g/mol. The zero-order valence-electron chi connectivity index (χ0n) is 16.8. The fourth-order valence-electron chi connectivity index (χ4n) is 3.11. The molecule has 4 rings (SSSR count). The number of benzene rings is 3. The Morgan fingerprint density at radius 3 is 2.56 bits per heavy atom. The van der Waals surface area contributed by atoms with E-state index in [1.165, 1.54) is 11.8 Å². The summed E-state index contributed by atoms with van der Waals surface area (Å²) in [6.07, 6.45) is 0. The molecule has 0 bridgehead atoms. The number of carbonyl (C=O) groups excluding carboxylic acids is 1. The van der Waals surface area contributed by atoms with Gasteiger partial charge in [-0.1, -0.05) is 53.7 Å². The molecule has 1 aromatic heterocycles. The van der Waals surface area contributed by atoms with E-state index < -0.39 is 17.5 Å². The summed E-state index contributed by atoms with van der Waals surface area (Å²) in [5.74, 6) is -1.44. The summed E-state index contributed by atoms with van der Waals surface area (Å²) in [5, 5.41) is 11.6. The molecule has 0 unspecified atom stereocenters. The highest BCUT2D eigenvalue weighted by molar-refractivity contribution is 9.10. The van der Waals surface area contributed by atoms with Crippen molar-refractivity contribution in [2.75, 3.05) is 11.1 Å². The summed E-state index contributed by atoms with van der Waals surface area (Å²) in [6.45, 7) is 2.00. The number of hydrogen-bond acceptors (Lipinski definition) is 4. The van der Waals surface area contributed by atoms with Crippen LogP contribution in [-0.4, -0.2) is 26.4 Å². The normalized spacial score (nSPS) is 10.9. The lowest BCUT2D eigenvalue weighted by molar-refractivity contribution is -0.113. The second-order valence-electron chi connectivity index (χ2n) is 6.93. The molecular formula is C23H17BrF2N4OS. The maximum atomic E-state index is 14.0. The molecular weight excluding hydrogens is 498 g/mol. The smallest absolute Gasteiger partial charge is 0.234 e. The summed E-state index contributed by atoms with van der Waals surface area (Å²) in [4.78, 5) is 12.5. The lowest BCUT2D eigenvalue weighted by atomic mass is 10.1. The minimum Gasteiger partial charge on any atom is -0.322 e. The number of thioether (sulfide) groups is 1. The van der Waals surface area contributed by atoms with Crippen LogP contribution < -0.4 is 5.32 Å². The first kappa shape index (κ1) is 22.2. The number of para-hydroxylation sites is 1. The largest absolute Gasteiger partial charge is 0.322 e. The highest BCUT2D eigenvalue weighted by Crippen LogP contribution is 2.30. The Bertz CT molecular complexity index is 1260. The van der Waals surface area contributed by atoms with Crippen molar-refractivity contribution in [2.45, 2.75) is 12.1 Å².